The first-order valence-electron chi connectivity index (χ1n) is 10.4. The molecule has 0 aliphatic rings. The van der Waals surface area contributed by atoms with Gasteiger partial charge in [-0.2, -0.15) is 0 Å². The van der Waals surface area contributed by atoms with Crippen molar-refractivity contribution in [3.8, 4) is 21.9 Å². The highest BCUT2D eigenvalue weighted by atomic mass is 32.2. The number of thiophene rings is 1. The summed E-state index contributed by atoms with van der Waals surface area (Å²) >= 11 is 2.62. The summed E-state index contributed by atoms with van der Waals surface area (Å²) in [5.41, 5.74) is 2.04. The van der Waals surface area contributed by atoms with E-state index in [1.165, 1.54) is 30.2 Å². The van der Waals surface area contributed by atoms with Crippen molar-refractivity contribution in [3.63, 3.8) is 0 Å². The van der Waals surface area contributed by atoms with Gasteiger partial charge in [-0.3, -0.25) is 14.2 Å². The minimum absolute atomic E-state index is 0.0694. The van der Waals surface area contributed by atoms with E-state index in [2.05, 4.69) is 11.9 Å². The molecule has 0 aliphatic carbocycles. The summed E-state index contributed by atoms with van der Waals surface area (Å²) in [6.07, 6.45) is 1.65. The fourth-order valence-corrected chi connectivity index (χ4v) is 5.21. The van der Waals surface area contributed by atoms with Crippen LogP contribution in [0.1, 0.15) is 0 Å². The molecule has 0 unspecified atom stereocenters. The minimum atomic E-state index is -0.247. The van der Waals surface area contributed by atoms with Crippen LogP contribution < -0.4 is 20.3 Å². The number of methoxy groups -OCH3 is 2. The van der Waals surface area contributed by atoms with Gasteiger partial charge >= 0.3 is 0 Å². The van der Waals surface area contributed by atoms with Gasteiger partial charge in [0.05, 0.1) is 31.2 Å². The molecular formula is C25H23N3O4S2. The Morgan fingerprint density at radius 1 is 1.18 bits per heavy atom. The van der Waals surface area contributed by atoms with Gasteiger partial charge < -0.3 is 14.8 Å². The second kappa shape index (κ2) is 10.6. The van der Waals surface area contributed by atoms with E-state index >= 15 is 0 Å². The molecule has 0 radical (unpaired) electrons. The van der Waals surface area contributed by atoms with Crippen molar-refractivity contribution in [1.82, 2.24) is 9.55 Å². The Kier molecular flexibility index (Phi) is 7.34. The van der Waals surface area contributed by atoms with Crippen molar-refractivity contribution < 1.29 is 14.3 Å². The molecule has 9 heteroatoms. The van der Waals surface area contributed by atoms with Crippen LogP contribution in [0.15, 0.2) is 77.2 Å². The number of thioether (sulfide) groups is 1. The van der Waals surface area contributed by atoms with Gasteiger partial charge in [0.25, 0.3) is 5.56 Å². The van der Waals surface area contributed by atoms with E-state index in [4.69, 9.17) is 14.5 Å². The standard InChI is InChI=1S/C25H23N3O4S2/c1-4-12-28-24(30)23-19(14-21(34-23)16-8-6-5-7-9-16)27-25(28)33-15-22(29)26-18-11-10-17(31-2)13-20(18)32-3/h4-11,13-14H,1,12,15H2,2-3H3,(H,26,29). The number of nitrogens with zero attached hydrogens (tertiary/aromatic N) is 2. The average molecular weight is 494 g/mol. The third-order valence-corrected chi connectivity index (χ3v) is 7.12. The third kappa shape index (κ3) is 5.00. The van der Waals surface area contributed by atoms with Crippen LogP contribution in [0.25, 0.3) is 20.7 Å². The number of carbonyl (C=O) groups excluding carboxylic acids is 1. The summed E-state index contributed by atoms with van der Waals surface area (Å²) < 4.78 is 12.7. The third-order valence-electron chi connectivity index (χ3n) is 4.98. The monoisotopic (exact) mass is 493 g/mol. The molecule has 4 aromatic rings. The zero-order chi connectivity index (χ0) is 24.1. The van der Waals surface area contributed by atoms with Crippen molar-refractivity contribution >= 4 is 44.9 Å². The van der Waals surface area contributed by atoms with Crippen LogP contribution >= 0.6 is 23.1 Å². The van der Waals surface area contributed by atoms with Crippen LogP contribution in [0.4, 0.5) is 5.69 Å². The lowest BCUT2D eigenvalue weighted by atomic mass is 10.2. The minimum Gasteiger partial charge on any atom is -0.497 e. The zero-order valence-electron chi connectivity index (χ0n) is 18.7. The van der Waals surface area contributed by atoms with Crippen molar-refractivity contribution in [3.05, 3.63) is 77.6 Å². The topological polar surface area (TPSA) is 82.5 Å². The number of hydrogen-bond donors (Lipinski definition) is 1. The van der Waals surface area contributed by atoms with Crippen LogP contribution in [0.3, 0.4) is 0 Å². The highest BCUT2D eigenvalue weighted by molar-refractivity contribution is 7.99. The molecule has 7 nitrogen and oxygen atoms in total. The molecular weight excluding hydrogens is 470 g/mol. The van der Waals surface area contributed by atoms with Crippen LogP contribution in [0.2, 0.25) is 0 Å². The molecule has 2 heterocycles. The number of ether oxygens (including phenoxy) is 2. The van der Waals surface area contributed by atoms with Gasteiger partial charge in [-0.05, 0) is 23.8 Å². The number of hydrogen-bond acceptors (Lipinski definition) is 7. The Balaban J connectivity index is 1.58. The molecule has 1 N–H and O–H groups in total. The van der Waals surface area contributed by atoms with Gasteiger partial charge in [-0.25, -0.2) is 4.98 Å². The van der Waals surface area contributed by atoms with Crippen molar-refractivity contribution in [2.24, 2.45) is 0 Å². The summed E-state index contributed by atoms with van der Waals surface area (Å²) in [4.78, 5) is 31.5. The number of benzene rings is 2. The fraction of sp³-hybridized carbons (Fsp3) is 0.160. The molecule has 174 valence electrons. The summed E-state index contributed by atoms with van der Waals surface area (Å²) in [5.74, 6) is 0.941. The molecule has 2 aromatic heterocycles. The summed E-state index contributed by atoms with van der Waals surface area (Å²) in [6, 6.07) is 16.9. The first-order chi connectivity index (χ1) is 16.5. The van der Waals surface area contributed by atoms with Crippen molar-refractivity contribution in [1.29, 1.82) is 0 Å². The predicted octanol–water partition coefficient (Wildman–Crippen LogP) is 5.06. The number of fused-ring (bicyclic) bond motifs is 1. The van der Waals surface area contributed by atoms with Crippen LogP contribution in [-0.2, 0) is 11.3 Å². The number of aromatic nitrogens is 2. The van der Waals surface area contributed by atoms with E-state index in [1.54, 1.807) is 36.0 Å². The van der Waals surface area contributed by atoms with Gasteiger partial charge in [0.2, 0.25) is 5.91 Å². The zero-order valence-corrected chi connectivity index (χ0v) is 20.4. The van der Waals surface area contributed by atoms with Gasteiger partial charge in [0, 0.05) is 17.5 Å². The SMILES string of the molecule is C=CCn1c(SCC(=O)Nc2ccc(OC)cc2OC)nc2cc(-c3ccccc3)sc2c1=O. The summed E-state index contributed by atoms with van der Waals surface area (Å²) in [5, 5.41) is 3.30. The second-order valence-electron chi connectivity index (χ2n) is 7.19. The van der Waals surface area contributed by atoms with E-state index in [1.807, 2.05) is 36.4 Å². The van der Waals surface area contributed by atoms with E-state index in [0.29, 0.717) is 39.1 Å². The average Bonchev–Trinajstić information content (AvgIpc) is 3.30. The first-order valence-corrected chi connectivity index (χ1v) is 12.2. The Hall–Kier alpha value is -3.56. The Morgan fingerprint density at radius 3 is 2.68 bits per heavy atom. The predicted molar refractivity (Wildman–Crippen MR) is 138 cm³/mol. The fourth-order valence-electron chi connectivity index (χ4n) is 3.35. The smallest absolute Gasteiger partial charge is 0.272 e. The molecule has 0 bridgehead atoms. The van der Waals surface area contributed by atoms with Crippen LogP contribution in [-0.4, -0.2) is 35.4 Å². The quantitative estimate of drug-likeness (QED) is 0.199. The molecule has 34 heavy (non-hydrogen) atoms. The highest BCUT2D eigenvalue weighted by Gasteiger charge is 2.17. The van der Waals surface area contributed by atoms with E-state index in [-0.39, 0.29) is 17.2 Å². The van der Waals surface area contributed by atoms with Gasteiger partial charge in [-0.15, -0.1) is 17.9 Å². The molecule has 0 saturated carbocycles. The molecule has 2 aromatic carbocycles. The summed E-state index contributed by atoms with van der Waals surface area (Å²) in [7, 11) is 3.09. The Morgan fingerprint density at radius 2 is 1.97 bits per heavy atom. The second-order valence-corrected chi connectivity index (χ2v) is 9.19. The largest absolute Gasteiger partial charge is 0.497 e. The molecule has 0 atom stereocenters. The number of allylic oxidation sites excluding steroid dienone is 1. The molecule has 4 rings (SSSR count). The Labute approximate surface area is 205 Å². The van der Waals surface area contributed by atoms with Crippen LogP contribution in [0, 0.1) is 0 Å². The lowest BCUT2D eigenvalue weighted by Crippen LogP contribution is -2.23. The number of amides is 1. The van der Waals surface area contributed by atoms with Gasteiger partial charge in [0.15, 0.2) is 5.16 Å². The molecule has 0 saturated heterocycles. The maximum absolute atomic E-state index is 13.2. The number of carbonyl (C=O) groups is 1. The van der Waals surface area contributed by atoms with Gasteiger partial charge in [-0.1, -0.05) is 48.2 Å². The lowest BCUT2D eigenvalue weighted by Gasteiger charge is -2.12. The maximum atomic E-state index is 13.2. The van der Waals surface area contributed by atoms with E-state index in [0.717, 1.165) is 10.4 Å². The normalized spacial score (nSPS) is 10.8. The summed E-state index contributed by atoms with van der Waals surface area (Å²) in [6.45, 7) is 4.06. The first kappa shape index (κ1) is 23.6. The number of nitrogens with one attached hydrogen (secondary N) is 1. The molecule has 0 fully saturated rings. The maximum Gasteiger partial charge on any atom is 0.272 e. The van der Waals surface area contributed by atoms with Crippen LogP contribution in [0.5, 0.6) is 11.5 Å². The molecule has 0 aliphatic heterocycles. The van der Waals surface area contributed by atoms with E-state index < -0.39 is 0 Å². The Bertz CT molecular complexity index is 1400. The van der Waals surface area contributed by atoms with Gasteiger partial charge in [0.1, 0.15) is 16.2 Å². The lowest BCUT2D eigenvalue weighted by molar-refractivity contribution is -0.113. The number of anilines is 1. The molecule has 1 amide bonds. The number of rotatable bonds is 9. The highest BCUT2D eigenvalue weighted by Crippen LogP contribution is 2.32. The van der Waals surface area contributed by atoms with Crippen molar-refractivity contribution in [2.75, 3.05) is 25.3 Å². The molecule has 0 spiro atoms. The van der Waals surface area contributed by atoms with E-state index in [9.17, 15) is 9.59 Å². The van der Waals surface area contributed by atoms with Crippen molar-refractivity contribution in [2.45, 2.75) is 11.7 Å².